The van der Waals surface area contributed by atoms with Crippen LogP contribution in [0.4, 0.5) is 14.5 Å². The zero-order valence-electron chi connectivity index (χ0n) is 15.4. The number of nitrogens with zero attached hydrogens (tertiary/aromatic N) is 1. The number of hydrogen-bond acceptors (Lipinski definition) is 3. The molecule has 1 aromatic heterocycles. The molecular weight excluding hydrogens is 390 g/mol. The van der Waals surface area contributed by atoms with Crippen LogP contribution < -0.4 is 5.32 Å². The summed E-state index contributed by atoms with van der Waals surface area (Å²) in [6, 6.07) is 17.9. The third-order valence-electron chi connectivity index (χ3n) is 4.49. The molecule has 1 N–H and O–H groups in total. The first-order valence-corrected chi connectivity index (χ1v) is 9.77. The fourth-order valence-corrected chi connectivity index (χ4v) is 3.86. The summed E-state index contributed by atoms with van der Waals surface area (Å²) in [5.74, 6) is -2.14. The van der Waals surface area contributed by atoms with E-state index in [4.69, 9.17) is 4.98 Å². The molecule has 0 saturated carbocycles. The molecule has 0 saturated heterocycles. The quantitative estimate of drug-likeness (QED) is 0.431. The van der Waals surface area contributed by atoms with Gasteiger partial charge >= 0.3 is 0 Å². The number of thiazole rings is 1. The van der Waals surface area contributed by atoms with Gasteiger partial charge in [0.25, 0.3) is 5.91 Å². The number of carbonyl (C=O) groups is 1. The lowest BCUT2D eigenvalue weighted by molar-refractivity contribution is 0.102. The van der Waals surface area contributed by atoms with E-state index in [2.05, 4.69) is 18.3 Å². The standard InChI is InChI=1S/C23H16F2N2OS/c1-14-4-2-3-5-18(14)23-27-21(13-29-23)15-6-9-17(10-7-15)26-22(28)19-12-16(24)8-11-20(19)25/h2-13H,1H3,(H,26,28). The van der Waals surface area contributed by atoms with E-state index in [0.717, 1.165) is 45.6 Å². The second-order valence-electron chi connectivity index (χ2n) is 6.51. The van der Waals surface area contributed by atoms with Crippen LogP contribution in [-0.2, 0) is 0 Å². The Kier molecular flexibility index (Phi) is 5.18. The maximum absolute atomic E-state index is 13.7. The number of aryl methyl sites for hydroxylation is 1. The van der Waals surface area contributed by atoms with E-state index in [1.807, 2.05) is 35.7 Å². The number of halogens is 2. The van der Waals surface area contributed by atoms with Gasteiger partial charge in [0.1, 0.15) is 16.6 Å². The summed E-state index contributed by atoms with van der Waals surface area (Å²) >= 11 is 1.57. The average Bonchev–Trinajstić information content (AvgIpc) is 3.20. The number of nitrogens with one attached hydrogen (secondary N) is 1. The molecule has 4 aromatic rings. The molecule has 0 aliphatic rings. The summed E-state index contributed by atoms with van der Waals surface area (Å²) in [6.07, 6.45) is 0. The van der Waals surface area contributed by atoms with Gasteiger partial charge < -0.3 is 5.32 Å². The Bertz CT molecular complexity index is 1190. The molecule has 3 nitrogen and oxygen atoms in total. The lowest BCUT2D eigenvalue weighted by atomic mass is 10.1. The highest BCUT2D eigenvalue weighted by atomic mass is 32.1. The van der Waals surface area contributed by atoms with E-state index in [9.17, 15) is 13.6 Å². The predicted octanol–water partition coefficient (Wildman–Crippen LogP) is 6.32. The van der Waals surface area contributed by atoms with E-state index in [1.165, 1.54) is 0 Å². The van der Waals surface area contributed by atoms with Crippen molar-refractivity contribution in [3.8, 4) is 21.8 Å². The highest BCUT2D eigenvalue weighted by molar-refractivity contribution is 7.13. The smallest absolute Gasteiger partial charge is 0.258 e. The monoisotopic (exact) mass is 406 g/mol. The van der Waals surface area contributed by atoms with Gasteiger partial charge in [0, 0.05) is 22.2 Å². The van der Waals surface area contributed by atoms with Crippen LogP contribution in [-0.4, -0.2) is 10.9 Å². The summed E-state index contributed by atoms with van der Waals surface area (Å²) in [5.41, 5.74) is 4.15. The Hall–Kier alpha value is -3.38. The fraction of sp³-hybridized carbons (Fsp3) is 0.0435. The van der Waals surface area contributed by atoms with Gasteiger partial charge in [-0.25, -0.2) is 13.8 Å². The van der Waals surface area contributed by atoms with Crippen LogP contribution in [0.15, 0.2) is 72.1 Å². The van der Waals surface area contributed by atoms with Crippen molar-refractivity contribution in [2.45, 2.75) is 6.92 Å². The molecule has 3 aromatic carbocycles. The van der Waals surface area contributed by atoms with Gasteiger partial charge in [-0.1, -0.05) is 36.4 Å². The molecule has 0 aliphatic heterocycles. The SMILES string of the molecule is Cc1ccccc1-c1nc(-c2ccc(NC(=O)c3cc(F)ccc3F)cc2)cs1. The molecule has 1 heterocycles. The molecule has 144 valence electrons. The molecule has 0 fully saturated rings. The van der Waals surface area contributed by atoms with Crippen molar-refractivity contribution >= 4 is 22.9 Å². The van der Waals surface area contributed by atoms with E-state index in [0.29, 0.717) is 5.69 Å². The molecule has 1 amide bonds. The number of amides is 1. The van der Waals surface area contributed by atoms with Gasteiger partial charge in [0.05, 0.1) is 11.3 Å². The lowest BCUT2D eigenvalue weighted by Gasteiger charge is -2.07. The normalized spacial score (nSPS) is 10.7. The van der Waals surface area contributed by atoms with Crippen LogP contribution in [0, 0.1) is 18.6 Å². The highest BCUT2D eigenvalue weighted by Crippen LogP contribution is 2.31. The minimum Gasteiger partial charge on any atom is -0.322 e. The van der Waals surface area contributed by atoms with Crippen LogP contribution in [0.3, 0.4) is 0 Å². The molecule has 6 heteroatoms. The minimum absolute atomic E-state index is 0.337. The molecule has 0 aliphatic carbocycles. The summed E-state index contributed by atoms with van der Waals surface area (Å²) in [6.45, 7) is 2.05. The van der Waals surface area contributed by atoms with E-state index >= 15 is 0 Å². The Labute approximate surface area is 170 Å². The number of anilines is 1. The number of carbonyl (C=O) groups excluding carboxylic acids is 1. The summed E-state index contributed by atoms with van der Waals surface area (Å²) in [4.78, 5) is 16.9. The third-order valence-corrected chi connectivity index (χ3v) is 5.37. The molecule has 4 rings (SSSR count). The third kappa shape index (κ3) is 4.07. The summed E-state index contributed by atoms with van der Waals surface area (Å²) < 4.78 is 27.0. The molecular formula is C23H16F2N2OS. The second kappa shape index (κ2) is 7.93. The first kappa shape index (κ1) is 19.0. The first-order chi connectivity index (χ1) is 14.0. The van der Waals surface area contributed by atoms with Crippen molar-refractivity contribution in [2.24, 2.45) is 0 Å². The molecule has 29 heavy (non-hydrogen) atoms. The van der Waals surface area contributed by atoms with Gasteiger partial charge in [0.15, 0.2) is 0 Å². The fourth-order valence-electron chi connectivity index (χ4n) is 2.94. The lowest BCUT2D eigenvalue weighted by Crippen LogP contribution is -2.14. The van der Waals surface area contributed by atoms with Gasteiger partial charge in [-0.05, 0) is 42.8 Å². The molecule has 0 atom stereocenters. The zero-order valence-corrected chi connectivity index (χ0v) is 16.3. The van der Waals surface area contributed by atoms with E-state index in [-0.39, 0.29) is 5.56 Å². The van der Waals surface area contributed by atoms with Crippen molar-refractivity contribution in [2.75, 3.05) is 5.32 Å². The predicted molar refractivity (Wildman–Crippen MR) is 112 cm³/mol. The molecule has 0 unspecified atom stereocenters. The van der Waals surface area contributed by atoms with Crippen molar-refractivity contribution in [3.63, 3.8) is 0 Å². The Morgan fingerprint density at radius 3 is 2.52 bits per heavy atom. The van der Waals surface area contributed by atoms with Crippen LogP contribution in [0.1, 0.15) is 15.9 Å². The van der Waals surface area contributed by atoms with Crippen molar-refractivity contribution in [1.82, 2.24) is 4.98 Å². The van der Waals surface area contributed by atoms with Crippen LogP contribution in [0.25, 0.3) is 21.8 Å². The summed E-state index contributed by atoms with van der Waals surface area (Å²) in [7, 11) is 0. The topological polar surface area (TPSA) is 42.0 Å². The summed E-state index contributed by atoms with van der Waals surface area (Å²) in [5, 5.41) is 5.51. The van der Waals surface area contributed by atoms with Gasteiger partial charge in [-0.2, -0.15) is 0 Å². The van der Waals surface area contributed by atoms with E-state index < -0.39 is 17.5 Å². The van der Waals surface area contributed by atoms with Gasteiger partial charge in [-0.15, -0.1) is 11.3 Å². The largest absolute Gasteiger partial charge is 0.322 e. The van der Waals surface area contributed by atoms with Crippen LogP contribution in [0.2, 0.25) is 0 Å². The number of hydrogen-bond donors (Lipinski definition) is 1. The van der Waals surface area contributed by atoms with Crippen LogP contribution >= 0.6 is 11.3 Å². The Morgan fingerprint density at radius 2 is 1.76 bits per heavy atom. The highest BCUT2D eigenvalue weighted by Gasteiger charge is 2.13. The minimum atomic E-state index is -0.772. The zero-order chi connectivity index (χ0) is 20.4. The number of rotatable bonds is 4. The van der Waals surface area contributed by atoms with Gasteiger partial charge in [0.2, 0.25) is 0 Å². The number of aromatic nitrogens is 1. The second-order valence-corrected chi connectivity index (χ2v) is 7.37. The van der Waals surface area contributed by atoms with Gasteiger partial charge in [-0.3, -0.25) is 4.79 Å². The van der Waals surface area contributed by atoms with E-state index in [1.54, 1.807) is 23.5 Å². The molecule has 0 spiro atoms. The molecule has 0 bridgehead atoms. The molecule has 0 radical (unpaired) electrons. The Morgan fingerprint density at radius 1 is 1.00 bits per heavy atom. The number of benzene rings is 3. The Balaban J connectivity index is 1.52. The van der Waals surface area contributed by atoms with Crippen molar-refractivity contribution < 1.29 is 13.6 Å². The average molecular weight is 406 g/mol. The first-order valence-electron chi connectivity index (χ1n) is 8.89. The maximum Gasteiger partial charge on any atom is 0.258 e. The van der Waals surface area contributed by atoms with Crippen molar-refractivity contribution in [3.05, 3.63) is 94.9 Å². The van der Waals surface area contributed by atoms with Crippen LogP contribution in [0.5, 0.6) is 0 Å². The maximum atomic E-state index is 13.7. The van der Waals surface area contributed by atoms with Crippen molar-refractivity contribution in [1.29, 1.82) is 0 Å².